The van der Waals surface area contributed by atoms with Crippen LogP contribution in [0.4, 0.5) is 0 Å². The summed E-state index contributed by atoms with van der Waals surface area (Å²) in [6.07, 6.45) is 9.67. The molecular formula is C10H16N2O. The number of nitrogens with zero attached hydrogens (tertiary/aromatic N) is 1. The molecule has 1 saturated carbocycles. The summed E-state index contributed by atoms with van der Waals surface area (Å²) in [4.78, 5) is 0. The van der Waals surface area contributed by atoms with Crippen LogP contribution >= 0.6 is 0 Å². The molecule has 0 bridgehead atoms. The molecule has 13 heavy (non-hydrogen) atoms. The first-order valence-electron chi connectivity index (χ1n) is 4.97. The average molecular weight is 180 g/mol. The van der Waals surface area contributed by atoms with Gasteiger partial charge in [-0.3, -0.25) is 0 Å². The molecule has 0 aromatic carbocycles. The Morgan fingerprint density at radius 3 is 3.00 bits per heavy atom. The summed E-state index contributed by atoms with van der Waals surface area (Å²) in [5.41, 5.74) is 3.04. The van der Waals surface area contributed by atoms with Gasteiger partial charge in [0.05, 0.1) is 6.54 Å². The SMILES string of the molecule is C#CCN1NC(O)C2CCCCC21. The summed E-state index contributed by atoms with van der Waals surface area (Å²) in [7, 11) is 0. The first kappa shape index (κ1) is 9.01. The first-order valence-corrected chi connectivity index (χ1v) is 4.97. The van der Waals surface area contributed by atoms with Crippen LogP contribution in [0.2, 0.25) is 0 Å². The molecule has 3 nitrogen and oxygen atoms in total. The zero-order valence-corrected chi connectivity index (χ0v) is 7.74. The summed E-state index contributed by atoms with van der Waals surface area (Å²) in [5.74, 6) is 3.01. The smallest absolute Gasteiger partial charge is 0.121 e. The Labute approximate surface area is 79.1 Å². The maximum absolute atomic E-state index is 9.70. The van der Waals surface area contributed by atoms with Crippen molar-refractivity contribution in [2.45, 2.75) is 38.0 Å². The minimum atomic E-state index is -0.376. The van der Waals surface area contributed by atoms with Gasteiger partial charge in [-0.05, 0) is 12.8 Å². The number of terminal acetylenes is 1. The van der Waals surface area contributed by atoms with E-state index >= 15 is 0 Å². The third-order valence-electron chi connectivity index (χ3n) is 3.15. The summed E-state index contributed by atoms with van der Waals surface area (Å²) in [6.45, 7) is 0.595. The van der Waals surface area contributed by atoms with E-state index in [1.807, 2.05) is 5.01 Å². The highest BCUT2D eigenvalue weighted by molar-refractivity contribution is 4.96. The molecule has 1 aliphatic carbocycles. The molecule has 1 saturated heterocycles. The number of rotatable bonds is 1. The van der Waals surface area contributed by atoms with Crippen molar-refractivity contribution < 1.29 is 5.11 Å². The van der Waals surface area contributed by atoms with Gasteiger partial charge in [0.25, 0.3) is 0 Å². The van der Waals surface area contributed by atoms with E-state index in [2.05, 4.69) is 11.3 Å². The average Bonchev–Trinajstić information content (AvgIpc) is 2.46. The number of fused-ring (bicyclic) bond motifs is 1. The van der Waals surface area contributed by atoms with Crippen molar-refractivity contribution in [3.63, 3.8) is 0 Å². The molecule has 3 unspecified atom stereocenters. The Morgan fingerprint density at radius 1 is 1.46 bits per heavy atom. The van der Waals surface area contributed by atoms with Gasteiger partial charge in [-0.15, -0.1) is 6.42 Å². The van der Waals surface area contributed by atoms with Gasteiger partial charge in [0.2, 0.25) is 0 Å². The van der Waals surface area contributed by atoms with Gasteiger partial charge in [0, 0.05) is 12.0 Å². The Bertz CT molecular complexity index is 223. The van der Waals surface area contributed by atoms with Crippen molar-refractivity contribution in [3.05, 3.63) is 0 Å². The van der Waals surface area contributed by atoms with E-state index in [0.717, 1.165) is 12.8 Å². The van der Waals surface area contributed by atoms with Crippen molar-refractivity contribution in [2.24, 2.45) is 5.92 Å². The van der Waals surface area contributed by atoms with Gasteiger partial charge in [-0.2, -0.15) is 0 Å². The molecule has 0 aromatic rings. The van der Waals surface area contributed by atoms with E-state index in [0.29, 0.717) is 18.5 Å². The van der Waals surface area contributed by atoms with Crippen LogP contribution < -0.4 is 5.43 Å². The van der Waals surface area contributed by atoms with Crippen LogP contribution in [0.15, 0.2) is 0 Å². The van der Waals surface area contributed by atoms with Crippen LogP contribution in [-0.2, 0) is 0 Å². The topological polar surface area (TPSA) is 35.5 Å². The zero-order valence-electron chi connectivity index (χ0n) is 7.74. The normalized spacial score (nSPS) is 39.8. The molecule has 72 valence electrons. The van der Waals surface area contributed by atoms with Crippen molar-refractivity contribution in [2.75, 3.05) is 6.54 Å². The molecule has 0 spiro atoms. The summed E-state index contributed by atoms with van der Waals surface area (Å²) in [6, 6.07) is 0.458. The standard InChI is InChI=1S/C10H16N2O/c1-2-7-12-9-6-4-3-5-8(9)10(13)11-12/h1,8-11,13H,3-7H2. The number of hydrazine groups is 1. The Balaban J connectivity index is 2.04. The maximum Gasteiger partial charge on any atom is 0.121 e. The molecule has 0 radical (unpaired) electrons. The Kier molecular flexibility index (Phi) is 2.54. The molecule has 0 aromatic heterocycles. The fourth-order valence-corrected chi connectivity index (χ4v) is 2.52. The Morgan fingerprint density at radius 2 is 2.23 bits per heavy atom. The lowest BCUT2D eigenvalue weighted by molar-refractivity contribution is 0.0849. The highest BCUT2D eigenvalue weighted by atomic mass is 16.3. The molecule has 0 amide bonds. The third-order valence-corrected chi connectivity index (χ3v) is 3.15. The predicted octanol–water partition coefficient (Wildman–Crippen LogP) is 0.317. The van der Waals surface area contributed by atoms with Gasteiger partial charge in [0.1, 0.15) is 6.23 Å². The third kappa shape index (κ3) is 1.58. The van der Waals surface area contributed by atoms with Crippen LogP contribution in [0.25, 0.3) is 0 Å². The van der Waals surface area contributed by atoms with Gasteiger partial charge < -0.3 is 5.11 Å². The number of hydrogen-bond acceptors (Lipinski definition) is 3. The summed E-state index contributed by atoms with van der Waals surface area (Å²) in [5, 5.41) is 11.7. The molecule has 1 heterocycles. The fraction of sp³-hybridized carbons (Fsp3) is 0.800. The second-order valence-corrected chi connectivity index (χ2v) is 3.92. The van der Waals surface area contributed by atoms with E-state index in [1.165, 1.54) is 12.8 Å². The second-order valence-electron chi connectivity index (χ2n) is 3.92. The van der Waals surface area contributed by atoms with Crippen molar-refractivity contribution in [1.29, 1.82) is 0 Å². The summed E-state index contributed by atoms with van der Waals surface area (Å²) >= 11 is 0. The lowest BCUT2D eigenvalue weighted by atomic mass is 9.84. The van der Waals surface area contributed by atoms with E-state index in [4.69, 9.17) is 6.42 Å². The summed E-state index contributed by atoms with van der Waals surface area (Å²) < 4.78 is 0. The van der Waals surface area contributed by atoms with Gasteiger partial charge in [0.15, 0.2) is 0 Å². The van der Waals surface area contributed by atoms with Crippen LogP contribution in [0.1, 0.15) is 25.7 Å². The highest BCUT2D eigenvalue weighted by Gasteiger charge is 2.41. The van der Waals surface area contributed by atoms with Crippen molar-refractivity contribution in [3.8, 4) is 12.3 Å². The number of aliphatic hydroxyl groups excluding tert-OH is 1. The van der Waals surface area contributed by atoms with E-state index in [1.54, 1.807) is 0 Å². The largest absolute Gasteiger partial charge is 0.377 e. The minimum Gasteiger partial charge on any atom is -0.377 e. The van der Waals surface area contributed by atoms with Crippen molar-refractivity contribution >= 4 is 0 Å². The van der Waals surface area contributed by atoms with E-state index in [-0.39, 0.29) is 6.23 Å². The molecule has 2 rings (SSSR count). The monoisotopic (exact) mass is 180 g/mol. The van der Waals surface area contributed by atoms with Gasteiger partial charge in [-0.1, -0.05) is 18.8 Å². The van der Waals surface area contributed by atoms with Crippen LogP contribution in [0.5, 0.6) is 0 Å². The highest BCUT2D eigenvalue weighted by Crippen LogP contribution is 2.33. The number of aliphatic hydroxyl groups is 1. The molecule has 3 atom stereocenters. The molecule has 2 N–H and O–H groups in total. The molecule has 2 aliphatic rings. The van der Waals surface area contributed by atoms with E-state index < -0.39 is 0 Å². The molecular weight excluding hydrogens is 164 g/mol. The number of nitrogens with one attached hydrogen (secondary N) is 1. The van der Waals surface area contributed by atoms with Gasteiger partial charge in [-0.25, -0.2) is 10.4 Å². The number of hydrogen-bond donors (Lipinski definition) is 2. The van der Waals surface area contributed by atoms with Crippen LogP contribution in [0.3, 0.4) is 0 Å². The van der Waals surface area contributed by atoms with E-state index in [9.17, 15) is 5.11 Å². The lowest BCUT2D eigenvalue weighted by Gasteiger charge is -2.29. The first-order chi connectivity index (χ1) is 6.33. The van der Waals surface area contributed by atoms with Gasteiger partial charge >= 0.3 is 0 Å². The molecule has 1 aliphatic heterocycles. The van der Waals surface area contributed by atoms with Crippen LogP contribution in [-0.4, -0.2) is 28.9 Å². The van der Waals surface area contributed by atoms with Crippen LogP contribution in [0, 0.1) is 18.3 Å². The minimum absolute atomic E-state index is 0.376. The second kappa shape index (κ2) is 3.67. The molecule has 2 fully saturated rings. The Hall–Kier alpha value is -0.560. The van der Waals surface area contributed by atoms with Crippen molar-refractivity contribution in [1.82, 2.24) is 10.4 Å². The molecule has 3 heteroatoms. The fourth-order valence-electron chi connectivity index (χ4n) is 2.52. The predicted molar refractivity (Wildman–Crippen MR) is 50.4 cm³/mol. The zero-order chi connectivity index (χ0) is 9.26. The lowest BCUT2D eigenvalue weighted by Crippen LogP contribution is -2.40. The quantitative estimate of drug-likeness (QED) is 0.570. The maximum atomic E-state index is 9.70.